The van der Waals surface area contributed by atoms with Crippen molar-refractivity contribution in [3.05, 3.63) is 46.5 Å². The molecule has 1 N–H and O–H groups in total. The van der Waals surface area contributed by atoms with Crippen molar-refractivity contribution in [2.45, 2.75) is 20.3 Å². The molecule has 2 aromatic rings. The van der Waals surface area contributed by atoms with Crippen LogP contribution in [0.3, 0.4) is 0 Å². The largest absolute Gasteiger partial charge is 0.466 e. The van der Waals surface area contributed by atoms with E-state index >= 15 is 0 Å². The van der Waals surface area contributed by atoms with Crippen molar-refractivity contribution in [2.75, 3.05) is 12.0 Å². The first-order valence-electron chi connectivity index (χ1n) is 6.63. The van der Waals surface area contributed by atoms with Gasteiger partial charge >= 0.3 is 5.97 Å². The summed E-state index contributed by atoms with van der Waals surface area (Å²) in [7, 11) is 0. The van der Waals surface area contributed by atoms with Gasteiger partial charge in [0.1, 0.15) is 0 Å². The van der Waals surface area contributed by atoms with Gasteiger partial charge in [0, 0.05) is 11.1 Å². The van der Waals surface area contributed by atoms with E-state index in [0.717, 1.165) is 10.4 Å². The average molecular weight is 303 g/mol. The Bertz CT molecular complexity index is 637. The first kappa shape index (κ1) is 15.2. The molecule has 21 heavy (non-hydrogen) atoms. The van der Waals surface area contributed by atoms with Crippen molar-refractivity contribution >= 4 is 28.7 Å². The molecule has 110 valence electrons. The van der Waals surface area contributed by atoms with E-state index in [1.165, 1.54) is 16.9 Å². The summed E-state index contributed by atoms with van der Waals surface area (Å²) in [6.07, 6.45) is 3.64. The molecule has 0 spiro atoms. The van der Waals surface area contributed by atoms with Gasteiger partial charge in [-0.05, 0) is 19.4 Å². The summed E-state index contributed by atoms with van der Waals surface area (Å²) in [5.74, 6) is -0.240. The van der Waals surface area contributed by atoms with E-state index in [2.05, 4.69) is 15.5 Å². The lowest BCUT2D eigenvalue weighted by atomic mass is 10.2. The number of aryl methyl sites for hydroxylation is 1. The molecule has 0 saturated heterocycles. The van der Waals surface area contributed by atoms with Gasteiger partial charge in [0.25, 0.3) is 0 Å². The molecule has 0 radical (unpaired) electrons. The Morgan fingerprint density at radius 1 is 1.52 bits per heavy atom. The van der Waals surface area contributed by atoms with E-state index in [9.17, 15) is 4.79 Å². The highest BCUT2D eigenvalue weighted by Gasteiger charge is 2.07. The van der Waals surface area contributed by atoms with Gasteiger partial charge in [-0.1, -0.05) is 41.2 Å². The van der Waals surface area contributed by atoms with Gasteiger partial charge < -0.3 is 4.74 Å². The number of carbonyl (C=O) groups excluding carboxylic acids is 1. The first-order valence-corrected chi connectivity index (χ1v) is 7.45. The average Bonchev–Trinajstić information content (AvgIpc) is 2.86. The van der Waals surface area contributed by atoms with Crippen LogP contribution in [-0.2, 0) is 16.0 Å². The van der Waals surface area contributed by atoms with Crippen molar-refractivity contribution in [1.29, 1.82) is 0 Å². The first-order chi connectivity index (χ1) is 10.2. The summed E-state index contributed by atoms with van der Waals surface area (Å²) < 4.78 is 4.90. The number of esters is 1. The molecular formula is C15H17N3O2S. The monoisotopic (exact) mass is 303 g/mol. The van der Waals surface area contributed by atoms with Gasteiger partial charge in [-0.2, -0.15) is 5.10 Å². The van der Waals surface area contributed by atoms with Gasteiger partial charge in [0.15, 0.2) is 0 Å². The summed E-state index contributed by atoms with van der Waals surface area (Å²) in [5, 5.41) is 4.79. The molecule has 0 unspecified atom stereocenters. The van der Waals surface area contributed by atoms with E-state index in [0.29, 0.717) is 11.7 Å². The number of nitrogens with zero attached hydrogens (tertiary/aromatic N) is 2. The van der Waals surface area contributed by atoms with Crippen molar-refractivity contribution < 1.29 is 9.53 Å². The van der Waals surface area contributed by atoms with Crippen molar-refractivity contribution in [3.63, 3.8) is 0 Å². The minimum absolute atomic E-state index is 0.240. The number of carbonyl (C=O) groups is 1. The van der Waals surface area contributed by atoms with Crippen LogP contribution in [0.4, 0.5) is 5.13 Å². The molecule has 1 aromatic heterocycles. The predicted molar refractivity (Wildman–Crippen MR) is 84.8 cm³/mol. The zero-order valence-electron chi connectivity index (χ0n) is 12.0. The molecule has 2 rings (SSSR count). The van der Waals surface area contributed by atoms with Crippen LogP contribution in [0.1, 0.15) is 22.9 Å². The second kappa shape index (κ2) is 7.54. The second-order valence-electron chi connectivity index (χ2n) is 4.40. The third-order valence-corrected chi connectivity index (χ3v) is 3.50. The second-order valence-corrected chi connectivity index (χ2v) is 5.51. The maximum atomic E-state index is 11.4. The lowest BCUT2D eigenvalue weighted by Gasteiger charge is -1.98. The smallest absolute Gasteiger partial charge is 0.311 e. The van der Waals surface area contributed by atoms with Crippen molar-refractivity contribution in [1.82, 2.24) is 4.98 Å². The van der Waals surface area contributed by atoms with Gasteiger partial charge in [-0.3, -0.25) is 10.2 Å². The number of nitrogens with one attached hydrogen (secondary N) is 1. The number of hydrazone groups is 1. The quantitative estimate of drug-likeness (QED) is 0.506. The van der Waals surface area contributed by atoms with Crippen LogP contribution in [0.2, 0.25) is 0 Å². The Hall–Kier alpha value is -2.21. The maximum absolute atomic E-state index is 11.4. The minimum atomic E-state index is -0.240. The number of hydrogen-bond acceptors (Lipinski definition) is 6. The lowest BCUT2D eigenvalue weighted by Crippen LogP contribution is -2.06. The molecule has 0 fully saturated rings. The Balaban J connectivity index is 1.89. The number of anilines is 1. The Labute approximate surface area is 127 Å². The summed E-state index contributed by atoms with van der Waals surface area (Å²) in [5.41, 5.74) is 5.07. The van der Waals surface area contributed by atoms with Crippen molar-refractivity contribution in [3.8, 4) is 0 Å². The molecule has 1 heterocycles. The van der Waals surface area contributed by atoms with Crippen LogP contribution >= 0.6 is 11.3 Å². The van der Waals surface area contributed by atoms with E-state index < -0.39 is 0 Å². The molecule has 0 aliphatic carbocycles. The number of aromatic nitrogens is 1. The number of rotatable bonds is 6. The summed E-state index contributed by atoms with van der Waals surface area (Å²) in [6.45, 7) is 4.22. The van der Waals surface area contributed by atoms with Gasteiger partial charge in [-0.25, -0.2) is 4.98 Å². The van der Waals surface area contributed by atoms with Crippen LogP contribution in [0, 0.1) is 6.92 Å². The van der Waals surface area contributed by atoms with E-state index in [4.69, 9.17) is 4.74 Å². The van der Waals surface area contributed by atoms with Crippen LogP contribution in [0.25, 0.3) is 0 Å². The molecule has 0 atom stereocenters. The van der Waals surface area contributed by atoms with Gasteiger partial charge in [0.2, 0.25) is 5.13 Å². The van der Waals surface area contributed by atoms with Gasteiger partial charge in [0.05, 0.1) is 19.2 Å². The fourth-order valence-corrected chi connectivity index (χ4v) is 2.46. The SMILES string of the molecule is CCOC(=O)Cc1cnc(N/N=C/c2cccc(C)c2)s1. The van der Waals surface area contributed by atoms with Crippen LogP contribution in [0.5, 0.6) is 0 Å². The van der Waals surface area contributed by atoms with E-state index in [1.807, 2.05) is 31.2 Å². The predicted octanol–water partition coefficient (Wildman–Crippen LogP) is 3.00. The number of hydrogen-bond donors (Lipinski definition) is 1. The number of benzene rings is 1. The zero-order chi connectivity index (χ0) is 15.1. The molecule has 0 saturated carbocycles. The van der Waals surface area contributed by atoms with Crippen molar-refractivity contribution in [2.24, 2.45) is 5.10 Å². The molecule has 1 aromatic carbocycles. The molecule has 0 amide bonds. The van der Waals surface area contributed by atoms with E-state index in [-0.39, 0.29) is 12.4 Å². The topological polar surface area (TPSA) is 63.6 Å². The molecule has 5 nitrogen and oxygen atoms in total. The number of ether oxygens (including phenoxy) is 1. The Morgan fingerprint density at radius 2 is 2.38 bits per heavy atom. The molecule has 6 heteroatoms. The molecule has 0 aliphatic heterocycles. The van der Waals surface area contributed by atoms with E-state index in [1.54, 1.807) is 19.3 Å². The summed E-state index contributed by atoms with van der Waals surface area (Å²) in [6, 6.07) is 8.04. The Morgan fingerprint density at radius 3 is 3.14 bits per heavy atom. The minimum Gasteiger partial charge on any atom is -0.466 e. The third-order valence-electron chi connectivity index (χ3n) is 2.59. The molecular weight excluding hydrogens is 286 g/mol. The highest BCUT2D eigenvalue weighted by molar-refractivity contribution is 7.15. The maximum Gasteiger partial charge on any atom is 0.311 e. The van der Waals surface area contributed by atoms with Gasteiger partial charge in [-0.15, -0.1) is 0 Å². The lowest BCUT2D eigenvalue weighted by molar-refractivity contribution is -0.142. The van der Waals surface area contributed by atoms with Crippen LogP contribution < -0.4 is 5.43 Å². The molecule has 0 aliphatic rings. The van der Waals surface area contributed by atoms with Crippen LogP contribution in [0.15, 0.2) is 35.6 Å². The fourth-order valence-electron chi connectivity index (χ4n) is 1.71. The Kier molecular flexibility index (Phi) is 5.45. The third kappa shape index (κ3) is 5.00. The van der Waals surface area contributed by atoms with Crippen LogP contribution in [-0.4, -0.2) is 23.8 Å². The summed E-state index contributed by atoms with van der Waals surface area (Å²) in [4.78, 5) is 16.4. The normalized spacial score (nSPS) is 10.8. The standard InChI is InChI=1S/C15H17N3O2S/c1-3-20-14(19)8-13-10-16-15(21-13)18-17-9-12-6-4-5-11(2)7-12/h4-7,9-10H,3,8H2,1-2H3,(H,16,18)/b17-9+. The molecule has 0 bridgehead atoms. The summed E-state index contributed by atoms with van der Waals surface area (Å²) >= 11 is 1.39. The highest BCUT2D eigenvalue weighted by Crippen LogP contribution is 2.18. The fraction of sp³-hybridized carbons (Fsp3) is 0.267. The number of thiazole rings is 1. The highest BCUT2D eigenvalue weighted by atomic mass is 32.1. The zero-order valence-corrected chi connectivity index (χ0v) is 12.8.